The summed E-state index contributed by atoms with van der Waals surface area (Å²) in [6, 6.07) is 9.81. The van der Waals surface area contributed by atoms with E-state index in [0.29, 0.717) is 60.3 Å². The van der Waals surface area contributed by atoms with E-state index in [0.717, 1.165) is 0 Å². The predicted molar refractivity (Wildman–Crippen MR) is 112 cm³/mol. The number of fused-ring (bicyclic) bond motifs is 1. The molecule has 0 unspecified atom stereocenters. The summed E-state index contributed by atoms with van der Waals surface area (Å²) in [5.74, 6) is -0.553. The summed E-state index contributed by atoms with van der Waals surface area (Å²) in [7, 11) is -3.34. The first-order chi connectivity index (χ1) is 14.3. The van der Waals surface area contributed by atoms with E-state index in [-0.39, 0.29) is 5.75 Å². The average molecular weight is 431 g/mol. The van der Waals surface area contributed by atoms with Crippen molar-refractivity contribution in [1.82, 2.24) is 0 Å². The van der Waals surface area contributed by atoms with Crippen molar-refractivity contribution in [3.8, 4) is 11.5 Å². The molecule has 0 spiro atoms. The Bertz CT molecular complexity index is 1120. The molecule has 0 atom stereocenters. The molecule has 10 heteroatoms. The first-order valence-electron chi connectivity index (χ1n) is 9.46. The van der Waals surface area contributed by atoms with Crippen LogP contribution in [0.3, 0.4) is 0 Å². The molecule has 158 valence electrons. The third-order valence-electron chi connectivity index (χ3n) is 4.86. The number of anilines is 3. The highest BCUT2D eigenvalue weighted by Crippen LogP contribution is 2.32. The number of nitrogens with one attached hydrogen (secondary N) is 2. The summed E-state index contributed by atoms with van der Waals surface area (Å²) in [6.45, 7) is 3.02. The normalized spacial score (nSPS) is 16.8. The van der Waals surface area contributed by atoms with E-state index in [1.165, 1.54) is 4.31 Å². The Morgan fingerprint density at radius 3 is 2.43 bits per heavy atom. The molecular formula is C20H21N3O6S. The molecule has 2 N–H and O–H groups in total. The number of amides is 2. The fourth-order valence-electron chi connectivity index (χ4n) is 3.32. The fourth-order valence-corrected chi connectivity index (χ4v) is 4.87. The Labute approximate surface area is 174 Å². The smallest absolute Gasteiger partial charge is 0.314 e. The number of aryl methyl sites for hydroxylation is 1. The summed E-state index contributed by atoms with van der Waals surface area (Å²) >= 11 is 0. The van der Waals surface area contributed by atoms with Crippen molar-refractivity contribution in [2.24, 2.45) is 0 Å². The highest BCUT2D eigenvalue weighted by Gasteiger charge is 2.29. The number of carbonyl (C=O) groups is 2. The van der Waals surface area contributed by atoms with E-state index >= 15 is 0 Å². The summed E-state index contributed by atoms with van der Waals surface area (Å²) < 4.78 is 36.5. The molecule has 0 aromatic heterocycles. The second-order valence-corrected chi connectivity index (χ2v) is 9.02. The van der Waals surface area contributed by atoms with Gasteiger partial charge < -0.3 is 20.1 Å². The fraction of sp³-hybridized carbons (Fsp3) is 0.300. The number of sulfonamides is 1. The van der Waals surface area contributed by atoms with Gasteiger partial charge in [0.15, 0.2) is 11.5 Å². The molecule has 30 heavy (non-hydrogen) atoms. The van der Waals surface area contributed by atoms with Crippen molar-refractivity contribution in [2.45, 2.75) is 13.3 Å². The van der Waals surface area contributed by atoms with Gasteiger partial charge in [0.1, 0.15) is 13.2 Å². The van der Waals surface area contributed by atoms with E-state index in [1.54, 1.807) is 43.3 Å². The molecule has 2 heterocycles. The van der Waals surface area contributed by atoms with Crippen LogP contribution in [-0.4, -0.2) is 45.7 Å². The summed E-state index contributed by atoms with van der Waals surface area (Å²) in [5, 5.41) is 5.08. The quantitative estimate of drug-likeness (QED) is 0.718. The molecule has 0 aliphatic carbocycles. The van der Waals surface area contributed by atoms with Crippen LogP contribution in [0, 0.1) is 6.92 Å². The SMILES string of the molecule is Cc1ccc(N2CCCS2(=O)=O)cc1NC(=O)C(=O)Nc1ccc2c(c1)OCCO2. The third-order valence-corrected chi connectivity index (χ3v) is 6.73. The zero-order valence-electron chi connectivity index (χ0n) is 16.3. The number of rotatable bonds is 3. The van der Waals surface area contributed by atoms with Crippen LogP contribution in [0.1, 0.15) is 12.0 Å². The van der Waals surface area contributed by atoms with Crippen LogP contribution in [0.15, 0.2) is 36.4 Å². The van der Waals surface area contributed by atoms with E-state index in [2.05, 4.69) is 10.6 Å². The Kier molecular flexibility index (Phi) is 5.25. The van der Waals surface area contributed by atoms with Crippen LogP contribution in [0.2, 0.25) is 0 Å². The van der Waals surface area contributed by atoms with E-state index in [1.807, 2.05) is 0 Å². The van der Waals surface area contributed by atoms with E-state index < -0.39 is 21.8 Å². The lowest BCUT2D eigenvalue weighted by Gasteiger charge is -2.19. The molecule has 0 bridgehead atoms. The number of hydrogen-bond acceptors (Lipinski definition) is 6. The van der Waals surface area contributed by atoms with Crippen LogP contribution in [0.4, 0.5) is 17.1 Å². The molecule has 0 radical (unpaired) electrons. The molecule has 2 aliphatic rings. The molecule has 2 aromatic rings. The van der Waals surface area contributed by atoms with Gasteiger partial charge in [0, 0.05) is 24.0 Å². The number of nitrogens with zero attached hydrogens (tertiary/aromatic N) is 1. The van der Waals surface area contributed by atoms with Gasteiger partial charge >= 0.3 is 11.8 Å². The van der Waals surface area contributed by atoms with Gasteiger partial charge in [-0.1, -0.05) is 6.07 Å². The number of hydrogen-bond donors (Lipinski definition) is 2. The van der Waals surface area contributed by atoms with Crippen molar-refractivity contribution < 1.29 is 27.5 Å². The van der Waals surface area contributed by atoms with Gasteiger partial charge in [-0.3, -0.25) is 13.9 Å². The lowest BCUT2D eigenvalue weighted by Crippen LogP contribution is -2.30. The molecule has 1 fully saturated rings. The summed E-state index contributed by atoms with van der Waals surface area (Å²) in [5.41, 5.74) is 1.93. The maximum absolute atomic E-state index is 12.4. The van der Waals surface area contributed by atoms with Crippen molar-refractivity contribution >= 4 is 38.9 Å². The Morgan fingerprint density at radius 1 is 0.967 bits per heavy atom. The lowest BCUT2D eigenvalue weighted by molar-refractivity contribution is -0.133. The molecule has 0 saturated carbocycles. The molecule has 9 nitrogen and oxygen atoms in total. The standard InChI is InChI=1S/C20H21N3O6S/c1-13-3-5-15(23-7-2-10-30(23,26)27)12-16(13)22-20(25)19(24)21-14-4-6-17-18(11-14)29-9-8-28-17/h3-6,11-12H,2,7-10H2,1H3,(H,21,24)(H,22,25). The molecule has 2 aliphatic heterocycles. The van der Waals surface area contributed by atoms with Gasteiger partial charge in [-0.2, -0.15) is 0 Å². The maximum atomic E-state index is 12.4. The van der Waals surface area contributed by atoms with Crippen molar-refractivity contribution in [2.75, 3.05) is 40.5 Å². The zero-order chi connectivity index (χ0) is 21.3. The molecule has 4 rings (SSSR count). The van der Waals surface area contributed by atoms with Crippen molar-refractivity contribution in [1.29, 1.82) is 0 Å². The molecule has 2 aromatic carbocycles. The predicted octanol–water partition coefficient (Wildman–Crippen LogP) is 1.88. The number of ether oxygens (including phenoxy) is 2. The minimum Gasteiger partial charge on any atom is -0.486 e. The highest BCUT2D eigenvalue weighted by atomic mass is 32.2. The average Bonchev–Trinajstić information content (AvgIpc) is 3.08. The molecule has 1 saturated heterocycles. The third kappa shape index (κ3) is 4.04. The monoisotopic (exact) mass is 431 g/mol. The van der Waals surface area contributed by atoms with Crippen molar-refractivity contribution in [3.05, 3.63) is 42.0 Å². The highest BCUT2D eigenvalue weighted by molar-refractivity contribution is 7.93. The zero-order valence-corrected chi connectivity index (χ0v) is 17.1. The first-order valence-corrected chi connectivity index (χ1v) is 11.1. The molecule has 2 amide bonds. The minimum absolute atomic E-state index is 0.0977. The van der Waals surface area contributed by atoms with Crippen LogP contribution < -0.4 is 24.4 Å². The largest absolute Gasteiger partial charge is 0.486 e. The van der Waals surface area contributed by atoms with Gasteiger partial charge in [-0.05, 0) is 43.2 Å². The van der Waals surface area contributed by atoms with Crippen LogP contribution >= 0.6 is 0 Å². The Hall–Kier alpha value is -3.27. The van der Waals surface area contributed by atoms with Crippen molar-refractivity contribution in [3.63, 3.8) is 0 Å². The van der Waals surface area contributed by atoms with Gasteiger partial charge in [0.25, 0.3) is 0 Å². The van der Waals surface area contributed by atoms with Gasteiger partial charge in [0.05, 0.1) is 11.4 Å². The Balaban J connectivity index is 1.47. The Morgan fingerprint density at radius 2 is 1.70 bits per heavy atom. The maximum Gasteiger partial charge on any atom is 0.314 e. The van der Waals surface area contributed by atoms with Crippen LogP contribution in [0.25, 0.3) is 0 Å². The number of carbonyl (C=O) groups excluding carboxylic acids is 2. The first kappa shape index (κ1) is 20.0. The minimum atomic E-state index is -3.34. The van der Waals surface area contributed by atoms with E-state index in [4.69, 9.17) is 9.47 Å². The van der Waals surface area contributed by atoms with E-state index in [9.17, 15) is 18.0 Å². The van der Waals surface area contributed by atoms with Crippen LogP contribution in [-0.2, 0) is 19.6 Å². The summed E-state index contributed by atoms with van der Waals surface area (Å²) in [4.78, 5) is 24.7. The second kappa shape index (κ2) is 7.86. The summed E-state index contributed by atoms with van der Waals surface area (Å²) in [6.07, 6.45) is 0.551. The number of benzene rings is 2. The van der Waals surface area contributed by atoms with Gasteiger partial charge in [-0.15, -0.1) is 0 Å². The van der Waals surface area contributed by atoms with Gasteiger partial charge in [0.2, 0.25) is 10.0 Å². The topological polar surface area (TPSA) is 114 Å². The lowest BCUT2D eigenvalue weighted by atomic mass is 10.1. The molecular weight excluding hydrogens is 410 g/mol. The van der Waals surface area contributed by atoms with Gasteiger partial charge in [-0.25, -0.2) is 8.42 Å². The second-order valence-electron chi connectivity index (χ2n) is 7.01. The van der Waals surface area contributed by atoms with Crippen LogP contribution in [0.5, 0.6) is 11.5 Å².